The summed E-state index contributed by atoms with van der Waals surface area (Å²) in [5.41, 5.74) is -1.09. The molecule has 0 bridgehead atoms. The molecule has 3 rings (SSSR count). The van der Waals surface area contributed by atoms with Crippen LogP contribution >= 0.6 is 0 Å². The van der Waals surface area contributed by atoms with Crippen LogP contribution in [0.2, 0.25) is 0 Å². The Hall–Kier alpha value is -2.72. The second-order valence-corrected chi connectivity index (χ2v) is 13.2. The Morgan fingerprint density at radius 3 is 2.47 bits per heavy atom. The minimum absolute atomic E-state index is 0.0180. The fourth-order valence-corrected chi connectivity index (χ4v) is 7.17. The summed E-state index contributed by atoms with van der Waals surface area (Å²) in [4.78, 5) is 13.6. The maximum Gasteiger partial charge on any atom is 0.226 e. The molecule has 1 N–H and O–H groups in total. The molecule has 0 radical (unpaired) electrons. The largest absolute Gasteiger partial charge is 0.354 e. The number of hydrogen-bond donors (Lipinski definition) is 1. The fourth-order valence-electron chi connectivity index (χ4n) is 5.94. The van der Waals surface area contributed by atoms with Crippen molar-refractivity contribution in [2.24, 2.45) is 32.9 Å². The minimum Gasteiger partial charge on any atom is -0.354 e. The zero-order chi connectivity index (χ0) is 28.5. The summed E-state index contributed by atoms with van der Waals surface area (Å²) < 4.78 is 55.0. The smallest absolute Gasteiger partial charge is 0.226 e. The molecule has 38 heavy (non-hydrogen) atoms. The molecule has 2 fully saturated rings. The van der Waals surface area contributed by atoms with Crippen LogP contribution in [0.5, 0.6) is 0 Å². The van der Waals surface area contributed by atoms with Crippen molar-refractivity contribution in [2.45, 2.75) is 53.0 Å². The molecule has 1 heterocycles. The first-order valence-corrected chi connectivity index (χ1v) is 14.6. The minimum atomic E-state index is -3.37. The Labute approximate surface area is 224 Å². The highest BCUT2D eigenvalue weighted by atomic mass is 32.2. The standard InChI is InChI=1S/C28H38F2N4O3S/c1-8-32-33-24(25-22(29)10-9-11-23(25)30)15-19(3)21-12-13-28(6,27(21,4)5)26(35)31-16-20-14-18(2)17-34(20)38(7,36)37/h8-11,15,18,20-21H,1,3,12-14,16-17H2,2,4-7H3,(H,31,35)/b24-15-,33-32?/t18-,20+,21?,28-/m1/s1. The molecule has 0 spiro atoms. The van der Waals surface area contributed by atoms with E-state index >= 15 is 0 Å². The summed E-state index contributed by atoms with van der Waals surface area (Å²) >= 11 is 0. The third kappa shape index (κ3) is 5.81. The number of sulfonamides is 1. The number of azo groups is 1. The lowest BCUT2D eigenvalue weighted by Gasteiger charge is -2.41. The van der Waals surface area contributed by atoms with Crippen LogP contribution in [0.15, 0.2) is 59.4 Å². The van der Waals surface area contributed by atoms with Crippen molar-refractivity contribution in [3.63, 3.8) is 0 Å². The summed E-state index contributed by atoms with van der Waals surface area (Å²) in [6.45, 7) is 16.2. The lowest BCUT2D eigenvalue weighted by Crippen LogP contribution is -2.50. The van der Waals surface area contributed by atoms with Gasteiger partial charge in [-0.1, -0.05) is 46.9 Å². The fraction of sp³-hybridized carbons (Fsp3) is 0.536. The van der Waals surface area contributed by atoms with E-state index in [0.717, 1.165) is 12.1 Å². The number of hydrogen-bond acceptors (Lipinski definition) is 5. The number of nitrogens with one attached hydrogen (secondary N) is 1. The van der Waals surface area contributed by atoms with Crippen molar-refractivity contribution < 1.29 is 22.0 Å². The Morgan fingerprint density at radius 2 is 1.89 bits per heavy atom. The van der Waals surface area contributed by atoms with Gasteiger partial charge in [0.25, 0.3) is 0 Å². The highest BCUT2D eigenvalue weighted by molar-refractivity contribution is 7.88. The van der Waals surface area contributed by atoms with Gasteiger partial charge in [0.1, 0.15) is 11.6 Å². The first kappa shape index (κ1) is 29.8. The number of halogens is 2. The average Bonchev–Trinajstić information content (AvgIpc) is 3.32. The lowest BCUT2D eigenvalue weighted by molar-refractivity contribution is -0.135. The van der Waals surface area contributed by atoms with Gasteiger partial charge < -0.3 is 5.32 Å². The molecule has 4 atom stereocenters. The molecule has 1 aliphatic carbocycles. The summed E-state index contributed by atoms with van der Waals surface area (Å²) in [6, 6.07) is 3.29. The summed E-state index contributed by atoms with van der Waals surface area (Å²) in [7, 11) is -3.37. The predicted molar refractivity (Wildman–Crippen MR) is 145 cm³/mol. The molecule has 1 aliphatic heterocycles. The van der Waals surface area contributed by atoms with Gasteiger partial charge in [-0.15, -0.1) is 0 Å². The van der Waals surface area contributed by atoms with Crippen molar-refractivity contribution in [1.29, 1.82) is 0 Å². The van der Waals surface area contributed by atoms with Gasteiger partial charge in [-0.3, -0.25) is 4.79 Å². The summed E-state index contributed by atoms with van der Waals surface area (Å²) in [5.74, 6) is -1.66. The van der Waals surface area contributed by atoms with Crippen LogP contribution in [-0.2, 0) is 14.8 Å². The molecule has 1 saturated carbocycles. The van der Waals surface area contributed by atoms with Crippen molar-refractivity contribution >= 4 is 21.6 Å². The van der Waals surface area contributed by atoms with Gasteiger partial charge in [0.05, 0.1) is 22.9 Å². The Kier molecular flexibility index (Phi) is 8.77. The van der Waals surface area contributed by atoms with Crippen LogP contribution in [0.3, 0.4) is 0 Å². The van der Waals surface area contributed by atoms with E-state index in [1.165, 1.54) is 28.9 Å². The Balaban J connectivity index is 1.82. The Bertz CT molecular complexity index is 1250. The maximum atomic E-state index is 14.5. The molecule has 1 unspecified atom stereocenters. The molecule has 1 aromatic rings. The van der Waals surface area contributed by atoms with E-state index in [-0.39, 0.29) is 41.6 Å². The topological polar surface area (TPSA) is 91.2 Å². The van der Waals surface area contributed by atoms with Crippen LogP contribution in [0.1, 0.15) is 52.5 Å². The zero-order valence-corrected chi connectivity index (χ0v) is 23.6. The van der Waals surface area contributed by atoms with E-state index in [0.29, 0.717) is 31.4 Å². The van der Waals surface area contributed by atoms with Gasteiger partial charge >= 0.3 is 0 Å². The average molecular weight is 549 g/mol. The molecular formula is C28H38F2N4O3S. The number of carbonyl (C=O) groups is 1. The summed E-state index contributed by atoms with van der Waals surface area (Å²) in [5, 5.41) is 10.7. The van der Waals surface area contributed by atoms with Gasteiger partial charge in [-0.2, -0.15) is 14.5 Å². The molecule has 1 amide bonds. The first-order valence-electron chi connectivity index (χ1n) is 12.7. The van der Waals surface area contributed by atoms with Crippen molar-refractivity contribution in [1.82, 2.24) is 9.62 Å². The predicted octanol–water partition coefficient (Wildman–Crippen LogP) is 5.69. The second-order valence-electron chi connectivity index (χ2n) is 11.3. The van der Waals surface area contributed by atoms with E-state index in [2.05, 4.69) is 28.7 Å². The molecule has 2 aliphatic rings. The SMILES string of the molecule is C=CN=N/C(=C\C(=C)C1CC[C@](C)(C(=O)NC[C@@H]2C[C@@H](C)CN2S(C)(=O)=O)C1(C)C)c1c(F)cccc1F. The molecule has 1 aromatic carbocycles. The van der Waals surface area contributed by atoms with Crippen LogP contribution < -0.4 is 5.32 Å². The van der Waals surface area contributed by atoms with Crippen molar-refractivity contribution in [3.05, 3.63) is 66.4 Å². The van der Waals surface area contributed by atoms with Gasteiger partial charge in [-0.05, 0) is 60.3 Å². The second kappa shape index (κ2) is 11.2. The molecule has 208 valence electrons. The first-order chi connectivity index (χ1) is 17.6. The summed E-state index contributed by atoms with van der Waals surface area (Å²) in [6.07, 6.45) is 5.78. The zero-order valence-electron chi connectivity index (χ0n) is 22.8. The van der Waals surface area contributed by atoms with Gasteiger partial charge in [0.2, 0.25) is 15.9 Å². The monoisotopic (exact) mass is 548 g/mol. The number of carbonyl (C=O) groups excluding carboxylic acids is 1. The van der Waals surface area contributed by atoms with E-state index < -0.39 is 32.5 Å². The molecule has 1 saturated heterocycles. The quantitative estimate of drug-likeness (QED) is 0.318. The molecule has 0 aromatic heterocycles. The van der Waals surface area contributed by atoms with Crippen LogP contribution in [-0.4, -0.2) is 44.0 Å². The van der Waals surface area contributed by atoms with E-state index in [9.17, 15) is 22.0 Å². The van der Waals surface area contributed by atoms with Crippen molar-refractivity contribution in [3.8, 4) is 0 Å². The highest BCUT2D eigenvalue weighted by Gasteiger charge is 2.56. The van der Waals surface area contributed by atoms with Gasteiger partial charge in [0, 0.05) is 25.3 Å². The maximum absolute atomic E-state index is 14.5. The van der Waals surface area contributed by atoms with E-state index in [1.54, 1.807) is 0 Å². The lowest BCUT2D eigenvalue weighted by atomic mass is 9.63. The highest BCUT2D eigenvalue weighted by Crippen LogP contribution is 2.58. The normalized spacial score (nSPS) is 28.1. The van der Waals surface area contributed by atoms with Crippen molar-refractivity contribution in [2.75, 3.05) is 19.3 Å². The van der Waals surface area contributed by atoms with E-state index in [1.807, 2.05) is 27.7 Å². The van der Waals surface area contributed by atoms with Crippen LogP contribution in [0, 0.1) is 34.3 Å². The number of rotatable bonds is 9. The molecular weight excluding hydrogens is 510 g/mol. The molecule has 7 nitrogen and oxygen atoms in total. The number of benzene rings is 1. The third-order valence-electron chi connectivity index (χ3n) is 8.46. The van der Waals surface area contributed by atoms with Gasteiger partial charge in [-0.25, -0.2) is 17.2 Å². The Morgan fingerprint density at radius 1 is 1.26 bits per heavy atom. The molecule has 10 heteroatoms. The third-order valence-corrected chi connectivity index (χ3v) is 9.76. The number of allylic oxidation sites excluding steroid dienone is 2. The van der Waals surface area contributed by atoms with Gasteiger partial charge in [0.15, 0.2) is 0 Å². The van der Waals surface area contributed by atoms with E-state index in [4.69, 9.17) is 0 Å². The van der Waals surface area contributed by atoms with Crippen LogP contribution in [0.4, 0.5) is 8.78 Å². The number of amides is 1. The number of nitrogens with zero attached hydrogens (tertiary/aromatic N) is 3. The van der Waals surface area contributed by atoms with Crippen LogP contribution in [0.25, 0.3) is 5.70 Å².